The molecule has 0 aromatic heterocycles. The monoisotopic (exact) mass is 450 g/mol. The van der Waals surface area contributed by atoms with Gasteiger partial charge in [-0.05, 0) is 50.3 Å². The summed E-state index contributed by atoms with van der Waals surface area (Å²) in [5, 5.41) is 3.06. The molecule has 3 rings (SSSR count). The van der Waals surface area contributed by atoms with Crippen LogP contribution in [0.25, 0.3) is 0 Å². The Bertz CT molecular complexity index is 961. The van der Waals surface area contributed by atoms with Crippen LogP contribution in [0.1, 0.15) is 16.8 Å². The SMILES string of the molecule is CNS(=O)(=O)c1ccc(Cl)c(C(=O)NCCCN2CCN(c3ccccc3)CC2)c1. The molecule has 0 bridgehead atoms. The van der Waals surface area contributed by atoms with Crippen molar-refractivity contribution in [1.29, 1.82) is 0 Å². The maximum absolute atomic E-state index is 12.5. The molecular formula is C21H27ClN4O3S. The van der Waals surface area contributed by atoms with Crippen molar-refractivity contribution in [3.8, 4) is 0 Å². The second-order valence-electron chi connectivity index (χ2n) is 7.12. The molecule has 1 aliphatic rings. The highest BCUT2D eigenvalue weighted by molar-refractivity contribution is 7.89. The maximum atomic E-state index is 12.5. The van der Waals surface area contributed by atoms with Gasteiger partial charge in [-0.2, -0.15) is 0 Å². The average molecular weight is 451 g/mol. The molecule has 0 spiro atoms. The zero-order valence-electron chi connectivity index (χ0n) is 17.0. The van der Waals surface area contributed by atoms with Crippen molar-refractivity contribution in [2.45, 2.75) is 11.3 Å². The molecular weight excluding hydrogens is 424 g/mol. The van der Waals surface area contributed by atoms with E-state index in [1.807, 2.05) is 6.07 Å². The van der Waals surface area contributed by atoms with E-state index in [0.717, 1.165) is 39.1 Å². The second-order valence-corrected chi connectivity index (χ2v) is 9.42. The smallest absolute Gasteiger partial charge is 0.252 e. The minimum atomic E-state index is -3.63. The highest BCUT2D eigenvalue weighted by Gasteiger charge is 2.18. The van der Waals surface area contributed by atoms with E-state index in [1.54, 1.807) is 0 Å². The highest BCUT2D eigenvalue weighted by Crippen LogP contribution is 2.20. The number of hydrogen-bond donors (Lipinski definition) is 2. The van der Waals surface area contributed by atoms with Crippen LogP contribution in [0.15, 0.2) is 53.4 Å². The highest BCUT2D eigenvalue weighted by atomic mass is 35.5. The predicted octanol–water partition coefficient (Wildman–Crippen LogP) is 2.19. The topological polar surface area (TPSA) is 81.7 Å². The molecule has 1 saturated heterocycles. The van der Waals surface area contributed by atoms with Gasteiger partial charge in [-0.25, -0.2) is 13.1 Å². The van der Waals surface area contributed by atoms with Gasteiger partial charge in [0.2, 0.25) is 10.0 Å². The largest absolute Gasteiger partial charge is 0.369 e. The van der Waals surface area contributed by atoms with E-state index in [4.69, 9.17) is 11.6 Å². The van der Waals surface area contributed by atoms with Gasteiger partial charge in [-0.15, -0.1) is 0 Å². The number of carbonyl (C=O) groups is 1. The Labute approximate surface area is 183 Å². The third-order valence-corrected chi connectivity index (χ3v) is 6.93. The second kappa shape index (κ2) is 10.3. The minimum absolute atomic E-state index is 0.0100. The predicted molar refractivity (Wildman–Crippen MR) is 120 cm³/mol. The van der Waals surface area contributed by atoms with Gasteiger partial charge in [0, 0.05) is 38.4 Å². The number of halogens is 1. The summed E-state index contributed by atoms with van der Waals surface area (Å²) >= 11 is 6.09. The summed E-state index contributed by atoms with van der Waals surface area (Å²) in [7, 11) is -2.31. The molecule has 9 heteroatoms. The van der Waals surface area contributed by atoms with E-state index in [-0.39, 0.29) is 21.4 Å². The number of nitrogens with one attached hydrogen (secondary N) is 2. The average Bonchev–Trinajstić information content (AvgIpc) is 2.77. The number of amides is 1. The van der Waals surface area contributed by atoms with Crippen molar-refractivity contribution >= 4 is 33.2 Å². The van der Waals surface area contributed by atoms with E-state index in [2.05, 4.69) is 44.1 Å². The van der Waals surface area contributed by atoms with Crippen molar-refractivity contribution in [1.82, 2.24) is 14.9 Å². The van der Waals surface area contributed by atoms with Crippen LogP contribution in [0.4, 0.5) is 5.69 Å². The lowest BCUT2D eigenvalue weighted by atomic mass is 10.2. The molecule has 2 aromatic carbocycles. The number of para-hydroxylation sites is 1. The van der Waals surface area contributed by atoms with Gasteiger partial charge in [-0.1, -0.05) is 29.8 Å². The first-order chi connectivity index (χ1) is 14.4. The first-order valence-electron chi connectivity index (χ1n) is 9.94. The summed E-state index contributed by atoms with van der Waals surface area (Å²) in [6.07, 6.45) is 0.809. The molecule has 1 heterocycles. The molecule has 1 fully saturated rings. The Morgan fingerprint density at radius 3 is 2.43 bits per heavy atom. The number of hydrogen-bond acceptors (Lipinski definition) is 5. The van der Waals surface area contributed by atoms with Crippen molar-refractivity contribution in [3.63, 3.8) is 0 Å². The van der Waals surface area contributed by atoms with Gasteiger partial charge in [0.05, 0.1) is 15.5 Å². The van der Waals surface area contributed by atoms with Crippen LogP contribution >= 0.6 is 11.6 Å². The lowest BCUT2D eigenvalue weighted by molar-refractivity contribution is 0.0951. The molecule has 162 valence electrons. The van der Waals surface area contributed by atoms with Crippen LogP contribution in [0.5, 0.6) is 0 Å². The van der Waals surface area contributed by atoms with Crippen LogP contribution in [0.3, 0.4) is 0 Å². The van der Waals surface area contributed by atoms with Gasteiger partial charge >= 0.3 is 0 Å². The fraction of sp³-hybridized carbons (Fsp3) is 0.381. The first-order valence-corrected chi connectivity index (χ1v) is 11.8. The van der Waals surface area contributed by atoms with Crippen molar-refractivity contribution in [2.24, 2.45) is 0 Å². The third kappa shape index (κ3) is 5.72. The van der Waals surface area contributed by atoms with E-state index < -0.39 is 10.0 Å². The molecule has 0 aliphatic carbocycles. The number of nitrogens with zero attached hydrogens (tertiary/aromatic N) is 2. The van der Waals surface area contributed by atoms with Crippen molar-refractivity contribution in [2.75, 3.05) is 51.2 Å². The van der Waals surface area contributed by atoms with Crippen LogP contribution in [-0.2, 0) is 10.0 Å². The third-order valence-electron chi connectivity index (χ3n) is 5.19. The van der Waals surface area contributed by atoms with E-state index >= 15 is 0 Å². The van der Waals surface area contributed by atoms with Gasteiger partial charge < -0.3 is 10.2 Å². The quantitative estimate of drug-likeness (QED) is 0.602. The lowest BCUT2D eigenvalue weighted by Crippen LogP contribution is -2.47. The summed E-state index contributed by atoms with van der Waals surface area (Å²) in [6, 6.07) is 14.5. The Kier molecular flexibility index (Phi) is 7.71. The molecule has 1 aliphatic heterocycles. The molecule has 0 atom stereocenters. The number of rotatable bonds is 8. The van der Waals surface area contributed by atoms with Crippen LogP contribution in [0, 0.1) is 0 Å². The molecule has 2 aromatic rings. The van der Waals surface area contributed by atoms with E-state index in [1.165, 1.54) is 30.9 Å². The first kappa shape index (κ1) is 22.6. The van der Waals surface area contributed by atoms with Crippen molar-refractivity contribution < 1.29 is 13.2 Å². The molecule has 30 heavy (non-hydrogen) atoms. The number of piperazine rings is 1. The standard InChI is InChI=1S/C21H27ClN4O3S/c1-23-30(28,29)18-8-9-20(22)19(16-18)21(27)24-10-5-11-25-12-14-26(15-13-25)17-6-3-2-4-7-17/h2-4,6-9,16,23H,5,10-15H2,1H3,(H,24,27). The number of sulfonamides is 1. The summed E-state index contributed by atoms with van der Waals surface area (Å²) in [5.74, 6) is -0.373. The van der Waals surface area contributed by atoms with Gasteiger partial charge in [0.1, 0.15) is 0 Å². The Morgan fingerprint density at radius 1 is 1.07 bits per heavy atom. The fourth-order valence-corrected chi connectivity index (χ4v) is 4.39. The van der Waals surface area contributed by atoms with Crippen LogP contribution in [0.2, 0.25) is 5.02 Å². The minimum Gasteiger partial charge on any atom is -0.369 e. The van der Waals surface area contributed by atoms with Crippen LogP contribution in [-0.4, -0.2) is 65.5 Å². The molecule has 2 N–H and O–H groups in total. The maximum Gasteiger partial charge on any atom is 0.252 e. The van der Waals surface area contributed by atoms with Gasteiger partial charge in [0.25, 0.3) is 5.91 Å². The van der Waals surface area contributed by atoms with E-state index in [9.17, 15) is 13.2 Å². The summed E-state index contributed by atoms with van der Waals surface area (Å²) in [5.41, 5.74) is 1.41. The Morgan fingerprint density at radius 2 is 1.77 bits per heavy atom. The Hall–Kier alpha value is -2.13. The molecule has 1 amide bonds. The Balaban J connectivity index is 1.44. The molecule has 0 radical (unpaired) electrons. The summed E-state index contributed by atoms with van der Waals surface area (Å²) in [6.45, 7) is 5.33. The lowest BCUT2D eigenvalue weighted by Gasteiger charge is -2.36. The van der Waals surface area contributed by atoms with Gasteiger partial charge in [-0.3, -0.25) is 9.69 Å². The fourth-order valence-electron chi connectivity index (χ4n) is 3.43. The number of anilines is 1. The van der Waals surface area contributed by atoms with Gasteiger partial charge in [0.15, 0.2) is 0 Å². The number of carbonyl (C=O) groups excluding carboxylic acids is 1. The summed E-state index contributed by atoms with van der Waals surface area (Å²) < 4.78 is 26.1. The molecule has 0 saturated carbocycles. The normalized spacial score (nSPS) is 15.2. The summed E-state index contributed by atoms with van der Waals surface area (Å²) in [4.78, 5) is 17.2. The van der Waals surface area contributed by atoms with Crippen molar-refractivity contribution in [3.05, 3.63) is 59.1 Å². The number of benzene rings is 2. The van der Waals surface area contributed by atoms with E-state index in [0.29, 0.717) is 6.54 Å². The molecule has 7 nitrogen and oxygen atoms in total. The molecule has 0 unspecified atom stereocenters. The van der Waals surface area contributed by atoms with Crippen LogP contribution < -0.4 is 14.9 Å². The zero-order chi connectivity index (χ0) is 21.6. The zero-order valence-corrected chi connectivity index (χ0v) is 18.5.